The van der Waals surface area contributed by atoms with Crippen molar-refractivity contribution >= 4 is 17.6 Å². The second-order valence-corrected chi connectivity index (χ2v) is 3.41. The smallest absolute Gasteiger partial charge is 0.310 e. The molecule has 0 N–H and O–H groups in total. The SMILES string of the molecule is COC(=O)Cc1cc(C(F)F)nc(C#N)c1Cl. The number of esters is 1. The Morgan fingerprint density at radius 2 is 2.35 bits per heavy atom. The number of carbonyl (C=O) groups excluding carboxylic acids is 1. The molecule has 0 fully saturated rings. The average Bonchev–Trinajstić information content (AvgIpc) is 2.31. The molecule has 0 amide bonds. The fourth-order valence-electron chi connectivity index (χ4n) is 1.15. The Bertz CT molecular complexity index is 486. The van der Waals surface area contributed by atoms with Crippen molar-refractivity contribution in [1.82, 2.24) is 4.98 Å². The number of rotatable bonds is 3. The number of pyridine rings is 1. The fraction of sp³-hybridized carbons (Fsp3) is 0.300. The van der Waals surface area contributed by atoms with Crippen molar-refractivity contribution in [3.63, 3.8) is 0 Å². The Kier molecular flexibility index (Phi) is 4.35. The van der Waals surface area contributed by atoms with Crippen LogP contribution < -0.4 is 0 Å². The number of alkyl halides is 2. The Morgan fingerprint density at radius 3 is 2.82 bits per heavy atom. The number of carbonyl (C=O) groups is 1. The lowest BCUT2D eigenvalue weighted by atomic mass is 10.1. The molecule has 17 heavy (non-hydrogen) atoms. The lowest BCUT2D eigenvalue weighted by molar-refractivity contribution is -0.139. The third kappa shape index (κ3) is 3.11. The highest BCUT2D eigenvalue weighted by Crippen LogP contribution is 2.25. The monoisotopic (exact) mass is 260 g/mol. The van der Waals surface area contributed by atoms with Crippen LogP contribution in [0.1, 0.15) is 23.4 Å². The van der Waals surface area contributed by atoms with Gasteiger partial charge in [0.2, 0.25) is 0 Å². The number of nitriles is 1. The molecular weight excluding hydrogens is 254 g/mol. The Morgan fingerprint density at radius 1 is 1.71 bits per heavy atom. The average molecular weight is 261 g/mol. The van der Waals surface area contributed by atoms with Gasteiger partial charge in [0.25, 0.3) is 6.43 Å². The van der Waals surface area contributed by atoms with Gasteiger partial charge >= 0.3 is 5.97 Å². The van der Waals surface area contributed by atoms with Gasteiger partial charge < -0.3 is 4.74 Å². The molecule has 1 heterocycles. The van der Waals surface area contributed by atoms with E-state index in [1.807, 2.05) is 0 Å². The van der Waals surface area contributed by atoms with E-state index in [2.05, 4.69) is 9.72 Å². The Labute approximate surface area is 101 Å². The largest absolute Gasteiger partial charge is 0.469 e. The highest BCUT2D eigenvalue weighted by Gasteiger charge is 2.18. The van der Waals surface area contributed by atoms with E-state index in [0.29, 0.717) is 0 Å². The maximum Gasteiger partial charge on any atom is 0.310 e. The number of methoxy groups -OCH3 is 1. The first-order valence-electron chi connectivity index (χ1n) is 4.44. The van der Waals surface area contributed by atoms with Gasteiger partial charge in [-0.05, 0) is 11.6 Å². The van der Waals surface area contributed by atoms with Crippen molar-refractivity contribution in [2.75, 3.05) is 7.11 Å². The number of hydrogen-bond acceptors (Lipinski definition) is 4. The van der Waals surface area contributed by atoms with Crippen molar-refractivity contribution < 1.29 is 18.3 Å². The molecule has 7 heteroatoms. The molecule has 0 saturated carbocycles. The molecule has 1 aromatic rings. The molecule has 0 aliphatic rings. The van der Waals surface area contributed by atoms with Crippen LogP contribution in [0.5, 0.6) is 0 Å². The zero-order chi connectivity index (χ0) is 13.0. The normalized spacial score (nSPS) is 10.1. The topological polar surface area (TPSA) is 63.0 Å². The van der Waals surface area contributed by atoms with Gasteiger partial charge in [-0.25, -0.2) is 13.8 Å². The van der Waals surface area contributed by atoms with Gasteiger partial charge in [0.1, 0.15) is 11.8 Å². The van der Waals surface area contributed by atoms with Crippen LogP contribution in [-0.2, 0) is 16.0 Å². The number of hydrogen-bond donors (Lipinski definition) is 0. The second kappa shape index (κ2) is 5.55. The first-order chi connectivity index (χ1) is 7.99. The summed E-state index contributed by atoms with van der Waals surface area (Å²) in [5.41, 5.74) is -0.825. The van der Waals surface area contributed by atoms with E-state index in [-0.39, 0.29) is 22.7 Å². The van der Waals surface area contributed by atoms with Gasteiger partial charge in [0.15, 0.2) is 5.69 Å². The van der Waals surface area contributed by atoms with Crippen LogP contribution in [0.25, 0.3) is 0 Å². The van der Waals surface area contributed by atoms with Gasteiger partial charge in [0, 0.05) is 0 Å². The number of nitrogens with zero attached hydrogens (tertiary/aromatic N) is 2. The first kappa shape index (κ1) is 13.3. The van der Waals surface area contributed by atoms with E-state index < -0.39 is 18.1 Å². The van der Waals surface area contributed by atoms with Crippen LogP contribution in [0.2, 0.25) is 5.02 Å². The molecule has 0 spiro atoms. The third-order valence-corrected chi connectivity index (χ3v) is 2.37. The molecule has 1 aromatic heterocycles. The lowest BCUT2D eigenvalue weighted by Gasteiger charge is -2.07. The minimum Gasteiger partial charge on any atom is -0.469 e. The predicted molar refractivity (Wildman–Crippen MR) is 54.6 cm³/mol. The van der Waals surface area contributed by atoms with Crippen molar-refractivity contribution in [2.45, 2.75) is 12.8 Å². The number of aromatic nitrogens is 1. The van der Waals surface area contributed by atoms with E-state index in [4.69, 9.17) is 16.9 Å². The molecule has 0 unspecified atom stereocenters. The summed E-state index contributed by atoms with van der Waals surface area (Å²) < 4.78 is 29.4. The summed E-state index contributed by atoms with van der Waals surface area (Å²) in [4.78, 5) is 14.4. The Balaban J connectivity index is 3.24. The molecule has 0 saturated heterocycles. The minimum atomic E-state index is -2.84. The van der Waals surface area contributed by atoms with E-state index in [1.165, 1.54) is 0 Å². The molecule has 90 valence electrons. The summed E-state index contributed by atoms with van der Waals surface area (Å²) in [6, 6.07) is 2.58. The molecule has 0 atom stereocenters. The van der Waals surface area contributed by atoms with Crippen LogP contribution in [0, 0.1) is 11.3 Å². The van der Waals surface area contributed by atoms with Gasteiger partial charge in [-0.1, -0.05) is 11.6 Å². The molecule has 4 nitrogen and oxygen atoms in total. The minimum absolute atomic E-state index is 0.0976. The molecule has 0 radical (unpaired) electrons. The summed E-state index contributed by atoms with van der Waals surface area (Å²) >= 11 is 5.75. The molecule has 0 aromatic carbocycles. The number of ether oxygens (including phenoxy) is 1. The van der Waals surface area contributed by atoms with Crippen LogP contribution in [-0.4, -0.2) is 18.1 Å². The summed E-state index contributed by atoms with van der Waals surface area (Å²) in [7, 11) is 1.16. The van der Waals surface area contributed by atoms with E-state index in [9.17, 15) is 13.6 Å². The van der Waals surface area contributed by atoms with Crippen LogP contribution in [0.15, 0.2) is 6.07 Å². The quantitative estimate of drug-likeness (QED) is 0.782. The second-order valence-electron chi connectivity index (χ2n) is 3.03. The summed E-state index contributed by atoms with van der Waals surface area (Å²) in [5, 5.41) is 8.57. The zero-order valence-corrected chi connectivity index (χ0v) is 9.46. The molecule has 0 aliphatic carbocycles. The van der Waals surface area contributed by atoms with Gasteiger partial charge in [0.05, 0.1) is 18.6 Å². The van der Waals surface area contributed by atoms with Crippen molar-refractivity contribution in [2.24, 2.45) is 0 Å². The van der Waals surface area contributed by atoms with Crippen molar-refractivity contribution in [1.29, 1.82) is 5.26 Å². The summed E-state index contributed by atoms with van der Waals surface area (Å²) in [5.74, 6) is -0.637. The maximum absolute atomic E-state index is 12.5. The van der Waals surface area contributed by atoms with E-state index >= 15 is 0 Å². The highest BCUT2D eigenvalue weighted by molar-refractivity contribution is 6.32. The predicted octanol–water partition coefficient (Wildman–Crippen LogP) is 2.26. The molecule has 0 aliphatic heterocycles. The third-order valence-electron chi connectivity index (χ3n) is 1.94. The van der Waals surface area contributed by atoms with Crippen LogP contribution >= 0.6 is 11.6 Å². The number of halogens is 3. The van der Waals surface area contributed by atoms with Crippen molar-refractivity contribution in [3.05, 3.63) is 28.0 Å². The maximum atomic E-state index is 12.5. The Hall–Kier alpha value is -1.74. The fourth-order valence-corrected chi connectivity index (χ4v) is 1.35. The van der Waals surface area contributed by atoms with Crippen LogP contribution in [0.3, 0.4) is 0 Å². The molecule has 0 bridgehead atoms. The van der Waals surface area contributed by atoms with Gasteiger partial charge in [-0.15, -0.1) is 0 Å². The van der Waals surface area contributed by atoms with Crippen LogP contribution in [0.4, 0.5) is 8.78 Å². The lowest BCUT2D eigenvalue weighted by Crippen LogP contribution is -2.07. The standard InChI is InChI=1S/C10H7ClF2N2O2/c1-17-8(16)3-5-2-6(10(12)13)15-7(4-14)9(5)11/h2,10H,3H2,1H3. The molecule has 1 rings (SSSR count). The highest BCUT2D eigenvalue weighted by atomic mass is 35.5. The van der Waals surface area contributed by atoms with Crippen molar-refractivity contribution in [3.8, 4) is 6.07 Å². The van der Waals surface area contributed by atoms with Gasteiger partial charge in [-0.2, -0.15) is 5.26 Å². The first-order valence-corrected chi connectivity index (χ1v) is 4.81. The summed E-state index contributed by atoms with van der Waals surface area (Å²) in [6.45, 7) is 0. The van der Waals surface area contributed by atoms with E-state index in [1.54, 1.807) is 6.07 Å². The summed E-state index contributed by atoms with van der Waals surface area (Å²) in [6.07, 6.45) is -3.12. The van der Waals surface area contributed by atoms with Gasteiger partial charge in [-0.3, -0.25) is 4.79 Å². The van der Waals surface area contributed by atoms with E-state index in [0.717, 1.165) is 13.2 Å². The molecular formula is C10H7ClF2N2O2. The zero-order valence-electron chi connectivity index (χ0n) is 8.71.